The highest BCUT2D eigenvalue weighted by molar-refractivity contribution is 6.32. The molecule has 16 nitrogen and oxygen atoms in total. The average molecular weight is 752 g/mol. The van der Waals surface area contributed by atoms with Crippen LogP contribution < -0.4 is 11.6 Å². The first-order valence-corrected chi connectivity index (χ1v) is 17.0. The highest BCUT2D eigenvalue weighted by Crippen LogP contribution is 2.27. The Bertz CT molecular complexity index is 1900. The summed E-state index contributed by atoms with van der Waals surface area (Å²) < 4.78 is 22.7. The number of aryl methyl sites for hydroxylation is 1. The molecular formula is C36H42ClN7O9. The van der Waals surface area contributed by atoms with E-state index in [0.717, 1.165) is 34.6 Å². The number of imidazole rings is 1. The highest BCUT2D eigenvalue weighted by Gasteiger charge is 2.25. The van der Waals surface area contributed by atoms with Crippen molar-refractivity contribution in [3.8, 4) is 11.1 Å². The van der Waals surface area contributed by atoms with Crippen molar-refractivity contribution < 1.29 is 38.5 Å². The minimum atomic E-state index is -1.08. The van der Waals surface area contributed by atoms with Gasteiger partial charge in [-0.05, 0) is 48.1 Å². The van der Waals surface area contributed by atoms with E-state index in [1.807, 2.05) is 36.4 Å². The molecule has 3 aromatic carbocycles. The Morgan fingerprint density at radius 1 is 1.02 bits per heavy atom. The van der Waals surface area contributed by atoms with Crippen molar-refractivity contribution in [3.05, 3.63) is 122 Å². The minimum Gasteiger partial charge on any atom is -0.431 e. The Hall–Kier alpha value is -5.71. The Labute approximate surface area is 311 Å². The van der Waals surface area contributed by atoms with Gasteiger partial charge in [-0.2, -0.15) is 5.12 Å². The summed E-state index contributed by atoms with van der Waals surface area (Å²) in [6.45, 7) is 4.96. The van der Waals surface area contributed by atoms with Crippen molar-refractivity contribution in [1.82, 2.24) is 14.7 Å². The molecule has 0 aliphatic carbocycles. The molecule has 0 fully saturated rings. The second-order valence-electron chi connectivity index (χ2n) is 11.7. The molecule has 0 bridgehead atoms. The molecule has 4 N–H and O–H groups in total. The molecule has 53 heavy (non-hydrogen) atoms. The highest BCUT2D eigenvalue weighted by atomic mass is 35.5. The van der Waals surface area contributed by atoms with Gasteiger partial charge in [0, 0.05) is 25.6 Å². The lowest BCUT2D eigenvalue weighted by Gasteiger charge is -2.21. The normalized spacial score (nSPS) is 12.5. The molecule has 0 aliphatic rings. The lowest BCUT2D eigenvalue weighted by molar-refractivity contribution is -0.763. The third kappa shape index (κ3) is 11.1. The van der Waals surface area contributed by atoms with Gasteiger partial charge in [0.1, 0.15) is 19.0 Å². The molecule has 282 valence electrons. The van der Waals surface area contributed by atoms with E-state index in [4.69, 9.17) is 42.1 Å². The quantitative estimate of drug-likeness (QED) is 0.0229. The van der Waals surface area contributed by atoms with Crippen molar-refractivity contribution in [1.29, 1.82) is 0 Å². The van der Waals surface area contributed by atoms with E-state index < -0.39 is 29.7 Å². The number of hydrazone groups is 1. The van der Waals surface area contributed by atoms with Crippen molar-refractivity contribution in [2.75, 3.05) is 7.11 Å². The van der Waals surface area contributed by atoms with Crippen LogP contribution >= 0.6 is 11.6 Å². The van der Waals surface area contributed by atoms with E-state index in [2.05, 4.69) is 21.8 Å². The molecule has 0 spiro atoms. The standard InChI is InChI=1S/C36H42ClN7O9/c1-5-6-15-31-40-33(37)32(35(45)53-24(3)49-4)42(31)20-25-16-18-26(19-17-25)29-13-9-10-14-30(29)34(38)41-43(39)23(2)52-36(46)50-21-27-11-7-8-12-28(27)22-51-44(47)48/h7-14,16-19,23-24H,5-6,15,20-22,39H2,1-4H3,(H2,38,41). The van der Waals surface area contributed by atoms with Gasteiger partial charge in [-0.3, -0.25) is 0 Å². The lowest BCUT2D eigenvalue weighted by atomic mass is 9.98. The molecule has 1 heterocycles. The minimum absolute atomic E-state index is 0.0535. The number of benzene rings is 3. The molecular weight excluding hydrogens is 710 g/mol. The zero-order valence-corrected chi connectivity index (χ0v) is 30.5. The maximum atomic E-state index is 13.0. The third-order valence-electron chi connectivity index (χ3n) is 8.02. The molecule has 4 rings (SSSR count). The summed E-state index contributed by atoms with van der Waals surface area (Å²) in [5.41, 5.74) is 10.6. The number of nitrogens with two attached hydrogens (primary N) is 2. The van der Waals surface area contributed by atoms with Gasteiger partial charge >= 0.3 is 12.1 Å². The number of methoxy groups -OCH3 is 1. The van der Waals surface area contributed by atoms with Gasteiger partial charge in [0.05, 0.1) is 0 Å². The van der Waals surface area contributed by atoms with Crippen LogP contribution in [-0.4, -0.2) is 57.3 Å². The summed E-state index contributed by atoms with van der Waals surface area (Å²) >= 11 is 6.45. The number of esters is 1. The summed E-state index contributed by atoms with van der Waals surface area (Å²) in [5.74, 6) is 6.19. The van der Waals surface area contributed by atoms with Crippen LogP contribution in [0.1, 0.15) is 72.2 Å². The SMILES string of the molecule is CCCCc1nc(Cl)c(C(=O)OC(C)OC)n1Cc1ccc(-c2ccccc2/C(N)=N/N(N)C(C)OC(=O)OCc2ccccc2CO[N+](=O)[O-])cc1. The van der Waals surface area contributed by atoms with Crippen LogP contribution in [0.4, 0.5) is 4.79 Å². The molecule has 2 atom stereocenters. The van der Waals surface area contributed by atoms with Gasteiger partial charge in [0.2, 0.25) is 6.23 Å². The molecule has 0 radical (unpaired) electrons. The summed E-state index contributed by atoms with van der Waals surface area (Å²) in [7, 11) is 1.44. The van der Waals surface area contributed by atoms with Crippen molar-refractivity contribution in [2.45, 2.75) is 72.3 Å². The van der Waals surface area contributed by atoms with Gasteiger partial charge in [0.25, 0.3) is 5.09 Å². The zero-order valence-electron chi connectivity index (χ0n) is 29.8. The number of carbonyl (C=O) groups excluding carboxylic acids is 2. The number of unbranched alkanes of at least 4 members (excludes halogenated alkanes) is 1. The second-order valence-corrected chi connectivity index (χ2v) is 12.1. The fourth-order valence-corrected chi connectivity index (χ4v) is 5.40. The molecule has 0 amide bonds. The predicted molar refractivity (Wildman–Crippen MR) is 194 cm³/mol. The molecule has 0 saturated heterocycles. The number of amidine groups is 1. The van der Waals surface area contributed by atoms with E-state index >= 15 is 0 Å². The predicted octanol–water partition coefficient (Wildman–Crippen LogP) is 5.95. The summed E-state index contributed by atoms with van der Waals surface area (Å²) in [6.07, 6.45) is -0.453. The Morgan fingerprint density at radius 3 is 2.34 bits per heavy atom. The molecule has 17 heteroatoms. The smallest absolute Gasteiger partial charge is 0.431 e. The topological polar surface area (TPSA) is 209 Å². The molecule has 2 unspecified atom stereocenters. The third-order valence-corrected chi connectivity index (χ3v) is 8.28. The lowest BCUT2D eigenvalue weighted by Crippen LogP contribution is -2.40. The number of carbonyl (C=O) groups is 2. The van der Waals surface area contributed by atoms with Crippen molar-refractivity contribution >= 4 is 29.6 Å². The fraction of sp³-hybridized carbons (Fsp3) is 0.333. The number of aromatic nitrogens is 2. The monoisotopic (exact) mass is 751 g/mol. The average Bonchev–Trinajstić information content (AvgIpc) is 3.46. The number of hydrazine groups is 1. The Kier molecular flexibility index (Phi) is 14.5. The number of rotatable bonds is 18. The van der Waals surface area contributed by atoms with E-state index in [1.54, 1.807) is 47.9 Å². The van der Waals surface area contributed by atoms with Crippen LogP contribution in [0, 0.1) is 10.1 Å². The zero-order chi connectivity index (χ0) is 38.5. The fourth-order valence-electron chi connectivity index (χ4n) is 5.13. The van der Waals surface area contributed by atoms with Crippen molar-refractivity contribution in [2.24, 2.45) is 16.7 Å². The van der Waals surface area contributed by atoms with Gasteiger partial charge in [-0.15, -0.1) is 15.2 Å². The number of ether oxygens (including phenoxy) is 4. The van der Waals surface area contributed by atoms with Crippen LogP contribution in [0.5, 0.6) is 0 Å². The summed E-state index contributed by atoms with van der Waals surface area (Å²) in [4.78, 5) is 44.9. The second kappa shape index (κ2) is 19.2. The van der Waals surface area contributed by atoms with E-state index in [-0.39, 0.29) is 29.9 Å². The van der Waals surface area contributed by atoms with Crippen LogP contribution in [0.2, 0.25) is 5.15 Å². The van der Waals surface area contributed by atoms with E-state index in [9.17, 15) is 19.7 Å². The number of halogens is 1. The van der Waals surface area contributed by atoms with Gasteiger partial charge in [-0.1, -0.05) is 97.7 Å². The molecule has 4 aromatic rings. The molecule has 1 aromatic heterocycles. The number of hydrogen-bond acceptors (Lipinski definition) is 13. The van der Waals surface area contributed by atoms with E-state index in [0.29, 0.717) is 35.5 Å². The van der Waals surface area contributed by atoms with Crippen LogP contribution in [0.3, 0.4) is 0 Å². The number of hydrogen-bond donors (Lipinski definition) is 2. The Morgan fingerprint density at radius 2 is 1.68 bits per heavy atom. The van der Waals surface area contributed by atoms with Gasteiger partial charge in [-0.25, -0.2) is 20.4 Å². The largest absolute Gasteiger partial charge is 0.510 e. The first-order chi connectivity index (χ1) is 25.4. The summed E-state index contributed by atoms with van der Waals surface area (Å²) in [5, 5.41) is 14.9. The van der Waals surface area contributed by atoms with Crippen molar-refractivity contribution in [3.63, 3.8) is 0 Å². The van der Waals surface area contributed by atoms with Crippen LogP contribution in [-0.2, 0) is 50.0 Å². The maximum Gasteiger partial charge on any atom is 0.510 e. The molecule has 0 aliphatic heterocycles. The first kappa shape index (κ1) is 40.1. The van der Waals surface area contributed by atoms with Crippen LogP contribution in [0.15, 0.2) is 77.9 Å². The van der Waals surface area contributed by atoms with Gasteiger partial charge < -0.3 is 34.1 Å². The van der Waals surface area contributed by atoms with Gasteiger partial charge in [0.15, 0.2) is 23.0 Å². The molecule has 0 saturated carbocycles. The van der Waals surface area contributed by atoms with E-state index in [1.165, 1.54) is 14.0 Å². The Balaban J connectivity index is 1.45. The van der Waals surface area contributed by atoms with Crippen LogP contribution in [0.25, 0.3) is 11.1 Å². The first-order valence-electron chi connectivity index (χ1n) is 16.6. The number of nitrogens with zero attached hydrogens (tertiary/aromatic N) is 5. The maximum absolute atomic E-state index is 13.0. The summed E-state index contributed by atoms with van der Waals surface area (Å²) in [6, 6.07) is 21.6.